The first-order chi connectivity index (χ1) is 17.9. The predicted octanol–water partition coefficient (Wildman–Crippen LogP) is 0.814. The van der Waals surface area contributed by atoms with Crippen LogP contribution in [0.1, 0.15) is 19.4 Å². The number of carbonyl (C=O) groups is 1. The zero-order valence-corrected chi connectivity index (χ0v) is 23.5. The smallest absolute Gasteiger partial charge is 0.243 e. The summed E-state index contributed by atoms with van der Waals surface area (Å²) >= 11 is 0. The number of benzene rings is 2. The Morgan fingerprint density at radius 1 is 1.05 bits per heavy atom. The lowest BCUT2D eigenvalue weighted by Gasteiger charge is -2.32. The lowest BCUT2D eigenvalue weighted by Crippen LogP contribution is -2.57. The molecule has 10 nitrogen and oxygen atoms in total. The van der Waals surface area contributed by atoms with E-state index in [9.17, 15) is 26.7 Å². The van der Waals surface area contributed by atoms with Crippen LogP contribution in [0.15, 0.2) is 64.4 Å². The van der Waals surface area contributed by atoms with Crippen molar-refractivity contribution in [3.63, 3.8) is 0 Å². The Morgan fingerprint density at radius 2 is 1.68 bits per heavy atom. The third-order valence-electron chi connectivity index (χ3n) is 6.18. The molecule has 0 aromatic heterocycles. The number of sulfone groups is 1. The monoisotopic (exact) mass is 567 g/mol. The molecule has 1 fully saturated rings. The highest BCUT2D eigenvalue weighted by Gasteiger charge is 2.33. The lowest BCUT2D eigenvalue weighted by atomic mass is 10.0. The van der Waals surface area contributed by atoms with Crippen molar-refractivity contribution in [2.24, 2.45) is 5.92 Å². The van der Waals surface area contributed by atoms with Gasteiger partial charge in [-0.3, -0.25) is 4.79 Å². The summed E-state index contributed by atoms with van der Waals surface area (Å²) in [6, 6.07) is 13.0. The molecule has 1 aliphatic heterocycles. The first kappa shape index (κ1) is 30.2. The van der Waals surface area contributed by atoms with Crippen LogP contribution in [0.4, 0.5) is 0 Å². The summed E-state index contributed by atoms with van der Waals surface area (Å²) < 4.78 is 57.3. The number of nitrogens with one attached hydrogen (secondary N) is 2. The second kappa shape index (κ2) is 13.1. The topological polar surface area (TPSA) is 142 Å². The van der Waals surface area contributed by atoms with Crippen LogP contribution in [-0.4, -0.2) is 89.4 Å². The molecular formula is C26H37N3O7S2. The van der Waals surface area contributed by atoms with Gasteiger partial charge in [0.2, 0.25) is 15.9 Å². The summed E-state index contributed by atoms with van der Waals surface area (Å²) in [6.07, 6.45) is 0.112. The van der Waals surface area contributed by atoms with Crippen LogP contribution in [0.2, 0.25) is 0 Å². The maximum absolute atomic E-state index is 13.6. The minimum Gasteiger partial charge on any atom is -0.390 e. The fourth-order valence-electron chi connectivity index (χ4n) is 4.19. The van der Waals surface area contributed by atoms with Gasteiger partial charge < -0.3 is 20.5 Å². The highest BCUT2D eigenvalue weighted by Crippen LogP contribution is 2.21. The third kappa shape index (κ3) is 8.32. The van der Waals surface area contributed by atoms with Crippen molar-refractivity contribution in [2.75, 3.05) is 39.1 Å². The molecule has 0 radical (unpaired) electrons. The van der Waals surface area contributed by atoms with Crippen LogP contribution in [-0.2, 0) is 35.8 Å². The average molecular weight is 568 g/mol. The van der Waals surface area contributed by atoms with Crippen molar-refractivity contribution in [3.05, 3.63) is 60.2 Å². The second-order valence-electron chi connectivity index (χ2n) is 9.91. The Labute approximate surface area is 225 Å². The number of hydrogen-bond donors (Lipinski definition) is 3. The number of ether oxygens (including phenoxy) is 1. The number of hydrogen-bond acceptors (Lipinski definition) is 8. The summed E-state index contributed by atoms with van der Waals surface area (Å²) in [6.45, 7) is 4.82. The van der Waals surface area contributed by atoms with Crippen molar-refractivity contribution in [2.45, 2.75) is 48.2 Å². The van der Waals surface area contributed by atoms with Crippen molar-refractivity contribution >= 4 is 25.8 Å². The van der Waals surface area contributed by atoms with Crippen LogP contribution in [0.25, 0.3) is 0 Å². The largest absolute Gasteiger partial charge is 0.390 e. The van der Waals surface area contributed by atoms with Crippen molar-refractivity contribution in [3.8, 4) is 0 Å². The Balaban J connectivity index is 1.85. The van der Waals surface area contributed by atoms with E-state index in [1.807, 2.05) is 44.2 Å². The van der Waals surface area contributed by atoms with Gasteiger partial charge in [0.15, 0.2) is 9.84 Å². The number of aliphatic hydroxyl groups is 1. The number of sulfonamides is 1. The highest BCUT2D eigenvalue weighted by atomic mass is 32.2. The Morgan fingerprint density at radius 3 is 2.24 bits per heavy atom. The predicted molar refractivity (Wildman–Crippen MR) is 144 cm³/mol. The Bertz CT molecular complexity index is 1260. The first-order valence-electron chi connectivity index (χ1n) is 12.5. The van der Waals surface area contributed by atoms with E-state index < -0.39 is 38.0 Å². The molecule has 3 atom stereocenters. The molecule has 2 aromatic carbocycles. The standard InChI is InChI=1S/C26H37N3O7S2/c1-19(2)16-29(38(34,35)22-11-9-21(10-12-22)37(3,32)33)17-25(30)23(15-20-7-5-4-6-8-20)28-26(31)24-18-36-14-13-27-24/h4-12,19,23-25,27,30H,13-18H2,1-3H3,(H,28,31)/t23-,24-,25+/m0/s1. The van der Waals surface area contributed by atoms with Gasteiger partial charge in [-0.05, 0) is 42.2 Å². The molecule has 12 heteroatoms. The van der Waals surface area contributed by atoms with Gasteiger partial charge in [0.1, 0.15) is 6.04 Å². The van der Waals surface area contributed by atoms with E-state index in [-0.39, 0.29) is 41.3 Å². The fraction of sp³-hybridized carbons (Fsp3) is 0.500. The molecular weight excluding hydrogens is 530 g/mol. The van der Waals surface area contributed by atoms with E-state index in [0.29, 0.717) is 19.6 Å². The molecule has 0 aliphatic carbocycles. The molecule has 1 saturated heterocycles. The van der Waals surface area contributed by atoms with E-state index in [1.54, 1.807) is 0 Å². The van der Waals surface area contributed by atoms with Gasteiger partial charge in [-0.25, -0.2) is 16.8 Å². The summed E-state index contributed by atoms with van der Waals surface area (Å²) in [5.74, 6) is -0.391. The molecule has 0 unspecified atom stereocenters. The minimum absolute atomic E-state index is 0.0119. The van der Waals surface area contributed by atoms with Gasteiger partial charge in [0.05, 0.1) is 35.2 Å². The van der Waals surface area contributed by atoms with Gasteiger partial charge in [-0.1, -0.05) is 44.2 Å². The maximum Gasteiger partial charge on any atom is 0.243 e. The molecule has 38 heavy (non-hydrogen) atoms. The van der Waals surface area contributed by atoms with Crippen molar-refractivity contribution in [1.82, 2.24) is 14.9 Å². The lowest BCUT2D eigenvalue weighted by molar-refractivity contribution is -0.127. The average Bonchev–Trinajstić information content (AvgIpc) is 2.88. The number of nitrogens with zero attached hydrogens (tertiary/aromatic N) is 1. The van der Waals surface area contributed by atoms with E-state index in [4.69, 9.17) is 4.74 Å². The van der Waals surface area contributed by atoms with Crippen LogP contribution in [0, 0.1) is 5.92 Å². The first-order valence-corrected chi connectivity index (χ1v) is 15.8. The number of morpholine rings is 1. The van der Waals surface area contributed by atoms with Gasteiger partial charge in [-0.2, -0.15) is 4.31 Å². The number of amides is 1. The van der Waals surface area contributed by atoms with E-state index in [2.05, 4.69) is 10.6 Å². The molecule has 0 spiro atoms. The molecule has 3 N–H and O–H groups in total. The Hall–Kier alpha value is -2.35. The Kier molecular flexibility index (Phi) is 10.4. The molecule has 0 bridgehead atoms. The molecule has 0 saturated carbocycles. The molecule has 1 heterocycles. The molecule has 1 amide bonds. The van der Waals surface area contributed by atoms with Gasteiger partial charge in [-0.15, -0.1) is 0 Å². The maximum atomic E-state index is 13.6. The van der Waals surface area contributed by atoms with Crippen LogP contribution in [0.5, 0.6) is 0 Å². The van der Waals surface area contributed by atoms with Gasteiger partial charge in [0.25, 0.3) is 0 Å². The van der Waals surface area contributed by atoms with Crippen molar-refractivity contribution < 1.29 is 31.5 Å². The van der Waals surface area contributed by atoms with Gasteiger partial charge in [0, 0.05) is 25.9 Å². The van der Waals surface area contributed by atoms with Crippen LogP contribution >= 0.6 is 0 Å². The molecule has 1 aliphatic rings. The zero-order chi connectivity index (χ0) is 27.9. The number of rotatable bonds is 12. The minimum atomic E-state index is -4.08. The molecule has 210 valence electrons. The number of aliphatic hydroxyl groups excluding tert-OH is 1. The third-order valence-corrected chi connectivity index (χ3v) is 9.15. The number of carbonyl (C=O) groups excluding carboxylic acids is 1. The van der Waals surface area contributed by atoms with E-state index in [0.717, 1.165) is 11.8 Å². The normalized spacial score (nSPS) is 18.3. The second-order valence-corrected chi connectivity index (χ2v) is 13.9. The quantitative estimate of drug-likeness (QED) is 0.342. The van der Waals surface area contributed by atoms with Crippen LogP contribution in [0.3, 0.4) is 0 Å². The summed E-state index contributed by atoms with van der Waals surface area (Å²) in [5.41, 5.74) is 0.874. The summed E-state index contributed by atoms with van der Waals surface area (Å²) in [4.78, 5) is 12.9. The summed E-state index contributed by atoms with van der Waals surface area (Å²) in [5, 5.41) is 17.3. The highest BCUT2D eigenvalue weighted by molar-refractivity contribution is 7.90. The molecule has 2 aromatic rings. The van der Waals surface area contributed by atoms with E-state index in [1.165, 1.54) is 28.6 Å². The van der Waals surface area contributed by atoms with Crippen LogP contribution < -0.4 is 10.6 Å². The summed E-state index contributed by atoms with van der Waals surface area (Å²) in [7, 11) is -7.56. The van der Waals surface area contributed by atoms with Crippen molar-refractivity contribution in [1.29, 1.82) is 0 Å². The van der Waals surface area contributed by atoms with E-state index >= 15 is 0 Å². The van der Waals surface area contributed by atoms with Gasteiger partial charge >= 0.3 is 0 Å². The zero-order valence-electron chi connectivity index (χ0n) is 21.9. The fourth-order valence-corrected chi connectivity index (χ4v) is 6.44. The molecule has 3 rings (SSSR count). The SMILES string of the molecule is CC(C)CN(C[C@@H](O)[C@H](Cc1ccccc1)NC(=O)[C@@H]1COCCN1)S(=O)(=O)c1ccc(S(C)(=O)=O)cc1.